The van der Waals surface area contributed by atoms with Crippen LogP contribution >= 0.6 is 0 Å². The van der Waals surface area contributed by atoms with Gasteiger partial charge in [-0.05, 0) is 60.1 Å². The molecule has 0 N–H and O–H groups in total. The molecule has 2 aromatic carbocycles. The summed E-state index contributed by atoms with van der Waals surface area (Å²) in [4.78, 5) is 11.7. The van der Waals surface area contributed by atoms with E-state index in [1.807, 2.05) is 0 Å². The van der Waals surface area contributed by atoms with Gasteiger partial charge < -0.3 is 9.47 Å². The second kappa shape index (κ2) is 7.41. The molecule has 1 saturated carbocycles. The SMILES string of the molecule is COC(=O)c1ccc2c(C(F)(F)F)c(OC3CC(C)CC(C)C3)ccc2c1. The summed E-state index contributed by atoms with van der Waals surface area (Å²) >= 11 is 0. The Balaban J connectivity index is 2.03. The van der Waals surface area contributed by atoms with Crippen LogP contribution in [0.3, 0.4) is 0 Å². The fraction of sp³-hybridized carbons (Fsp3) is 0.476. The Bertz CT molecular complexity index is 834. The maximum atomic E-state index is 13.8. The van der Waals surface area contributed by atoms with Crippen LogP contribution in [0.4, 0.5) is 13.2 Å². The third-order valence-electron chi connectivity index (χ3n) is 5.12. The van der Waals surface area contributed by atoms with E-state index >= 15 is 0 Å². The molecular formula is C21H23F3O3. The van der Waals surface area contributed by atoms with E-state index in [-0.39, 0.29) is 22.8 Å². The van der Waals surface area contributed by atoms with Crippen LogP contribution in [-0.2, 0) is 10.9 Å². The normalized spacial score (nSPS) is 23.3. The second-order valence-corrected chi connectivity index (χ2v) is 7.52. The minimum Gasteiger partial charge on any atom is -0.490 e. The van der Waals surface area contributed by atoms with Crippen LogP contribution in [0, 0.1) is 11.8 Å². The molecule has 1 aliphatic carbocycles. The predicted octanol–water partition coefficient (Wildman–Crippen LogP) is 5.85. The summed E-state index contributed by atoms with van der Waals surface area (Å²) in [5.41, 5.74) is -0.580. The third-order valence-corrected chi connectivity index (χ3v) is 5.12. The zero-order valence-electron chi connectivity index (χ0n) is 15.6. The molecule has 0 aromatic heterocycles. The topological polar surface area (TPSA) is 35.5 Å². The average Bonchev–Trinajstić information content (AvgIpc) is 2.58. The van der Waals surface area contributed by atoms with Crippen molar-refractivity contribution in [2.45, 2.75) is 45.4 Å². The fourth-order valence-corrected chi connectivity index (χ4v) is 4.09. The zero-order valence-corrected chi connectivity index (χ0v) is 15.6. The van der Waals surface area contributed by atoms with Crippen LogP contribution in [0.2, 0.25) is 0 Å². The number of rotatable bonds is 3. The Kier molecular flexibility index (Phi) is 5.36. The van der Waals surface area contributed by atoms with Crippen molar-refractivity contribution in [3.8, 4) is 5.75 Å². The lowest BCUT2D eigenvalue weighted by atomic mass is 9.82. The minimum atomic E-state index is -4.56. The highest BCUT2D eigenvalue weighted by Crippen LogP contribution is 2.43. The smallest absolute Gasteiger partial charge is 0.420 e. The van der Waals surface area contributed by atoms with Crippen LogP contribution in [0.25, 0.3) is 10.8 Å². The molecule has 1 fully saturated rings. The molecule has 146 valence electrons. The molecule has 3 rings (SSSR count). The van der Waals surface area contributed by atoms with Gasteiger partial charge in [-0.15, -0.1) is 0 Å². The number of alkyl halides is 3. The summed E-state index contributed by atoms with van der Waals surface area (Å²) in [6.07, 6.45) is -2.22. The average molecular weight is 380 g/mol. The lowest BCUT2D eigenvalue weighted by Gasteiger charge is -2.32. The lowest BCUT2D eigenvalue weighted by molar-refractivity contribution is -0.138. The zero-order chi connectivity index (χ0) is 19.8. The first-order valence-corrected chi connectivity index (χ1v) is 9.08. The van der Waals surface area contributed by atoms with Crippen molar-refractivity contribution in [2.75, 3.05) is 7.11 Å². The maximum Gasteiger partial charge on any atom is 0.420 e. The predicted molar refractivity (Wildman–Crippen MR) is 96.9 cm³/mol. The number of carbonyl (C=O) groups is 1. The van der Waals surface area contributed by atoms with Gasteiger partial charge in [-0.1, -0.05) is 26.0 Å². The van der Waals surface area contributed by atoms with Crippen molar-refractivity contribution >= 4 is 16.7 Å². The molecule has 0 aliphatic heterocycles. The number of carbonyl (C=O) groups excluding carboxylic acids is 1. The Morgan fingerprint density at radius 1 is 1.04 bits per heavy atom. The number of halogens is 3. The van der Waals surface area contributed by atoms with Crippen molar-refractivity contribution in [2.24, 2.45) is 11.8 Å². The molecule has 2 unspecified atom stereocenters. The van der Waals surface area contributed by atoms with Gasteiger partial charge in [-0.25, -0.2) is 4.79 Å². The van der Waals surface area contributed by atoms with E-state index < -0.39 is 17.7 Å². The van der Waals surface area contributed by atoms with Gasteiger partial charge in [-0.2, -0.15) is 13.2 Å². The number of esters is 1. The Labute approximate surface area is 156 Å². The van der Waals surface area contributed by atoms with Crippen LogP contribution in [-0.4, -0.2) is 19.2 Å². The van der Waals surface area contributed by atoms with E-state index in [0.29, 0.717) is 17.2 Å². The van der Waals surface area contributed by atoms with E-state index in [9.17, 15) is 18.0 Å². The number of hydrogen-bond acceptors (Lipinski definition) is 3. The van der Waals surface area contributed by atoms with Crippen molar-refractivity contribution in [1.82, 2.24) is 0 Å². The molecule has 3 nitrogen and oxygen atoms in total. The quantitative estimate of drug-likeness (QED) is 0.627. The number of fused-ring (bicyclic) bond motifs is 1. The third kappa shape index (κ3) is 4.20. The van der Waals surface area contributed by atoms with E-state index in [0.717, 1.165) is 19.3 Å². The second-order valence-electron chi connectivity index (χ2n) is 7.52. The number of methoxy groups -OCH3 is 1. The molecule has 0 heterocycles. The molecule has 1 aliphatic rings. The Morgan fingerprint density at radius 3 is 2.30 bits per heavy atom. The number of benzene rings is 2. The molecule has 6 heteroatoms. The van der Waals surface area contributed by atoms with Crippen LogP contribution in [0.1, 0.15) is 49.0 Å². The van der Waals surface area contributed by atoms with E-state index in [1.165, 1.54) is 31.4 Å². The van der Waals surface area contributed by atoms with Crippen molar-refractivity contribution in [3.63, 3.8) is 0 Å². The molecule has 0 saturated heterocycles. The van der Waals surface area contributed by atoms with Gasteiger partial charge >= 0.3 is 12.1 Å². The van der Waals surface area contributed by atoms with Gasteiger partial charge in [0.1, 0.15) is 11.3 Å². The highest BCUT2D eigenvalue weighted by Gasteiger charge is 2.38. The maximum absolute atomic E-state index is 13.8. The Morgan fingerprint density at radius 2 is 1.70 bits per heavy atom. The van der Waals surface area contributed by atoms with Gasteiger partial charge in [0.25, 0.3) is 0 Å². The van der Waals surface area contributed by atoms with E-state index in [1.54, 1.807) is 6.07 Å². The van der Waals surface area contributed by atoms with Gasteiger partial charge in [0.05, 0.1) is 18.8 Å². The first-order valence-electron chi connectivity index (χ1n) is 9.08. The number of ether oxygens (including phenoxy) is 2. The van der Waals surface area contributed by atoms with Gasteiger partial charge in [0, 0.05) is 0 Å². The van der Waals surface area contributed by atoms with Crippen molar-refractivity contribution in [1.29, 1.82) is 0 Å². The molecule has 2 aromatic rings. The fourth-order valence-electron chi connectivity index (χ4n) is 4.09. The molecule has 27 heavy (non-hydrogen) atoms. The first kappa shape index (κ1) is 19.5. The minimum absolute atomic E-state index is 0.0181. The highest BCUT2D eigenvalue weighted by molar-refractivity contribution is 5.97. The first-order chi connectivity index (χ1) is 12.7. The van der Waals surface area contributed by atoms with Crippen LogP contribution in [0.5, 0.6) is 5.75 Å². The van der Waals surface area contributed by atoms with Gasteiger partial charge in [-0.3, -0.25) is 0 Å². The summed E-state index contributed by atoms with van der Waals surface area (Å²) in [5, 5.41) is 0.340. The van der Waals surface area contributed by atoms with E-state index in [4.69, 9.17) is 4.74 Å². The summed E-state index contributed by atoms with van der Waals surface area (Å²) in [6, 6.07) is 6.98. The van der Waals surface area contributed by atoms with Crippen molar-refractivity contribution < 1.29 is 27.4 Å². The number of hydrogen-bond donors (Lipinski definition) is 0. The Hall–Kier alpha value is -2.24. The summed E-state index contributed by atoms with van der Waals surface area (Å²) < 4.78 is 52.0. The summed E-state index contributed by atoms with van der Waals surface area (Å²) in [5.74, 6) is 0.121. The summed E-state index contributed by atoms with van der Waals surface area (Å²) in [6.45, 7) is 4.21. The molecule has 0 radical (unpaired) electrons. The summed E-state index contributed by atoms with van der Waals surface area (Å²) in [7, 11) is 1.23. The van der Waals surface area contributed by atoms with E-state index in [2.05, 4.69) is 18.6 Å². The highest BCUT2D eigenvalue weighted by atomic mass is 19.4. The van der Waals surface area contributed by atoms with Gasteiger partial charge in [0.2, 0.25) is 0 Å². The van der Waals surface area contributed by atoms with Crippen molar-refractivity contribution in [3.05, 3.63) is 41.5 Å². The standard InChI is InChI=1S/C21H23F3O3/c1-12-8-13(2)10-16(9-12)27-18-7-5-14-11-15(20(25)26-3)4-6-17(14)19(18)21(22,23)24/h4-7,11-13,16H,8-10H2,1-3H3. The molecule has 2 atom stereocenters. The molecule has 0 amide bonds. The van der Waals surface area contributed by atoms with Crippen LogP contribution in [0.15, 0.2) is 30.3 Å². The van der Waals surface area contributed by atoms with Crippen LogP contribution < -0.4 is 4.74 Å². The molecule has 0 spiro atoms. The molecular weight excluding hydrogens is 357 g/mol. The molecule has 0 bridgehead atoms. The lowest BCUT2D eigenvalue weighted by Crippen LogP contribution is -2.29. The monoisotopic (exact) mass is 380 g/mol. The largest absolute Gasteiger partial charge is 0.490 e. The van der Waals surface area contributed by atoms with Gasteiger partial charge in [0.15, 0.2) is 0 Å².